The van der Waals surface area contributed by atoms with E-state index in [9.17, 15) is 43.2 Å². The molecule has 0 rings (SSSR count). The zero-order chi connectivity index (χ0) is 69.3. The van der Waals surface area contributed by atoms with Gasteiger partial charge in [-0.05, 0) is 37.5 Å². The van der Waals surface area contributed by atoms with Gasteiger partial charge in [0, 0.05) is 25.7 Å². The first-order valence-electron chi connectivity index (χ1n) is 39.0. The second-order valence-corrected chi connectivity index (χ2v) is 30.9. The molecular weight excluding hydrogens is 1230 g/mol. The number of aliphatic hydroxyl groups is 1. The smallest absolute Gasteiger partial charge is 0.462 e. The Morgan fingerprint density at radius 1 is 0.287 bits per heavy atom. The molecule has 0 amide bonds. The summed E-state index contributed by atoms with van der Waals surface area (Å²) >= 11 is 0. The quantitative estimate of drug-likeness (QED) is 0.0222. The third-order valence-electron chi connectivity index (χ3n) is 17.5. The first-order chi connectivity index (χ1) is 45.4. The summed E-state index contributed by atoms with van der Waals surface area (Å²) in [6.07, 6.45) is 54.7. The van der Waals surface area contributed by atoms with E-state index >= 15 is 0 Å². The van der Waals surface area contributed by atoms with Crippen LogP contribution >= 0.6 is 15.6 Å². The van der Waals surface area contributed by atoms with Gasteiger partial charge >= 0.3 is 39.5 Å². The Morgan fingerprint density at radius 3 is 0.723 bits per heavy atom. The van der Waals surface area contributed by atoms with E-state index in [1.165, 1.54) is 193 Å². The molecule has 19 heteroatoms. The maximum absolute atomic E-state index is 13.1. The lowest BCUT2D eigenvalue weighted by Crippen LogP contribution is -2.30. The number of phosphoric acid groups is 2. The van der Waals surface area contributed by atoms with Gasteiger partial charge in [0.15, 0.2) is 12.2 Å². The molecule has 2 unspecified atom stereocenters. The number of phosphoric ester groups is 2. The molecule has 0 saturated heterocycles. The van der Waals surface area contributed by atoms with Crippen molar-refractivity contribution in [2.75, 3.05) is 39.6 Å². The zero-order valence-corrected chi connectivity index (χ0v) is 63.1. The Labute approximate surface area is 575 Å². The van der Waals surface area contributed by atoms with Gasteiger partial charge in [-0.15, -0.1) is 0 Å². The van der Waals surface area contributed by atoms with E-state index in [0.29, 0.717) is 31.6 Å². The van der Waals surface area contributed by atoms with Gasteiger partial charge in [0.2, 0.25) is 0 Å². The van der Waals surface area contributed by atoms with Crippen LogP contribution < -0.4 is 0 Å². The molecule has 0 aromatic carbocycles. The molecule has 0 aliphatic heterocycles. The molecule has 0 aliphatic carbocycles. The predicted molar refractivity (Wildman–Crippen MR) is 381 cm³/mol. The standard InChI is InChI=1S/C75H146O17P2/c1-7-9-11-13-15-16-17-18-19-20-21-22-23-24-25-30-33-36-40-47-53-59-74(79)91-70(64-86-73(78)58-52-46-39-35-32-29-27-26-28-31-34-38-43-49-55-67(3)4)65-89-93(81,82)87-61-69(76)62-88-94(83,84)90-66-71(63-85-72(77)57-51-45-37-14-12-10-8-2)92-75(80)60-54-48-42-41-44-50-56-68(5)6/h67-71,76H,7-66H2,1-6H3,(H,81,82)(H,83,84)/t69-,70-,71-/m1/s1. The molecule has 0 fully saturated rings. The minimum Gasteiger partial charge on any atom is -0.462 e. The summed E-state index contributed by atoms with van der Waals surface area (Å²) in [6.45, 7) is 9.47. The van der Waals surface area contributed by atoms with Crippen molar-refractivity contribution in [3.8, 4) is 0 Å². The lowest BCUT2D eigenvalue weighted by atomic mass is 10.0. The van der Waals surface area contributed by atoms with Gasteiger partial charge in [-0.25, -0.2) is 9.13 Å². The van der Waals surface area contributed by atoms with Crippen molar-refractivity contribution in [3.05, 3.63) is 0 Å². The topological polar surface area (TPSA) is 237 Å². The average Bonchev–Trinajstić information content (AvgIpc) is 1.42. The fraction of sp³-hybridized carbons (Fsp3) is 0.947. The first-order valence-corrected chi connectivity index (χ1v) is 42.0. The van der Waals surface area contributed by atoms with Gasteiger partial charge in [-0.1, -0.05) is 337 Å². The lowest BCUT2D eigenvalue weighted by Gasteiger charge is -2.21. The average molecular weight is 1380 g/mol. The molecule has 558 valence electrons. The molecular formula is C75H146O17P2. The fourth-order valence-electron chi connectivity index (χ4n) is 11.5. The Balaban J connectivity index is 5.14. The van der Waals surface area contributed by atoms with Gasteiger partial charge in [0.1, 0.15) is 19.3 Å². The zero-order valence-electron chi connectivity index (χ0n) is 61.3. The molecule has 0 saturated carbocycles. The predicted octanol–water partition coefficient (Wildman–Crippen LogP) is 21.9. The van der Waals surface area contributed by atoms with Gasteiger partial charge in [0.05, 0.1) is 26.4 Å². The largest absolute Gasteiger partial charge is 0.472 e. The molecule has 3 N–H and O–H groups in total. The summed E-state index contributed by atoms with van der Waals surface area (Å²) in [4.78, 5) is 72.5. The minimum atomic E-state index is -4.96. The highest BCUT2D eigenvalue weighted by atomic mass is 31.2. The number of esters is 4. The highest BCUT2D eigenvalue weighted by molar-refractivity contribution is 7.47. The van der Waals surface area contributed by atoms with E-state index in [1.54, 1.807) is 0 Å². The van der Waals surface area contributed by atoms with Crippen molar-refractivity contribution < 1.29 is 80.2 Å². The summed E-state index contributed by atoms with van der Waals surface area (Å²) in [5.41, 5.74) is 0. The Kier molecular flexibility index (Phi) is 65.5. The lowest BCUT2D eigenvalue weighted by molar-refractivity contribution is -0.161. The summed E-state index contributed by atoms with van der Waals surface area (Å²) in [5.74, 6) is -0.659. The van der Waals surface area contributed by atoms with Crippen LogP contribution in [0.5, 0.6) is 0 Å². The molecule has 0 aromatic rings. The SMILES string of the molecule is CCCCCCCCCCCCCCCCCCCCCCCC(=O)O[C@H](COC(=O)CCCCCCCCCCCCCCCCC(C)C)COP(=O)(O)OC[C@@H](O)COP(=O)(O)OC[C@@H](COC(=O)CCCCCCCCC)OC(=O)CCCCCCCCC(C)C. The van der Waals surface area contributed by atoms with Gasteiger partial charge < -0.3 is 33.8 Å². The first kappa shape index (κ1) is 92.1. The van der Waals surface area contributed by atoms with Crippen molar-refractivity contribution in [2.45, 2.75) is 407 Å². The van der Waals surface area contributed by atoms with Crippen LogP contribution in [0.25, 0.3) is 0 Å². The van der Waals surface area contributed by atoms with Gasteiger partial charge in [0.25, 0.3) is 0 Å². The van der Waals surface area contributed by atoms with Crippen molar-refractivity contribution in [2.24, 2.45) is 11.8 Å². The van der Waals surface area contributed by atoms with Crippen LogP contribution in [0.4, 0.5) is 0 Å². The number of rotatable bonds is 74. The van der Waals surface area contributed by atoms with Crippen molar-refractivity contribution in [1.29, 1.82) is 0 Å². The van der Waals surface area contributed by atoms with Crippen LogP contribution in [-0.2, 0) is 65.4 Å². The molecule has 0 radical (unpaired) electrons. The maximum atomic E-state index is 13.1. The van der Waals surface area contributed by atoms with E-state index in [1.807, 2.05) is 0 Å². The van der Waals surface area contributed by atoms with Crippen LogP contribution in [0.3, 0.4) is 0 Å². The highest BCUT2D eigenvalue weighted by Crippen LogP contribution is 2.45. The van der Waals surface area contributed by atoms with Crippen LogP contribution in [0.1, 0.15) is 388 Å². The number of hydrogen-bond acceptors (Lipinski definition) is 15. The molecule has 0 heterocycles. The minimum absolute atomic E-state index is 0.102. The molecule has 0 spiro atoms. The monoisotopic (exact) mass is 1380 g/mol. The highest BCUT2D eigenvalue weighted by Gasteiger charge is 2.30. The summed E-state index contributed by atoms with van der Waals surface area (Å²) in [7, 11) is -9.90. The molecule has 0 aromatic heterocycles. The Bertz CT molecular complexity index is 1820. The fourth-order valence-corrected chi connectivity index (χ4v) is 13.1. The van der Waals surface area contributed by atoms with Gasteiger partial charge in [-0.3, -0.25) is 37.3 Å². The Morgan fingerprint density at radius 2 is 0.489 bits per heavy atom. The summed E-state index contributed by atoms with van der Waals surface area (Å²) in [5, 5.41) is 10.6. The second kappa shape index (κ2) is 66.9. The number of carbonyl (C=O) groups is 4. The van der Waals surface area contributed by atoms with Crippen molar-refractivity contribution in [3.63, 3.8) is 0 Å². The second-order valence-electron chi connectivity index (χ2n) is 28.0. The van der Waals surface area contributed by atoms with E-state index in [-0.39, 0.29) is 25.7 Å². The van der Waals surface area contributed by atoms with Crippen LogP contribution in [0.2, 0.25) is 0 Å². The van der Waals surface area contributed by atoms with Crippen molar-refractivity contribution >= 4 is 39.5 Å². The number of carbonyl (C=O) groups excluding carboxylic acids is 4. The van der Waals surface area contributed by atoms with Crippen LogP contribution in [0.15, 0.2) is 0 Å². The Hall–Kier alpha value is -1.94. The van der Waals surface area contributed by atoms with E-state index < -0.39 is 97.5 Å². The summed E-state index contributed by atoms with van der Waals surface area (Å²) in [6, 6.07) is 0. The normalized spacial score (nSPS) is 14.0. The third-order valence-corrected chi connectivity index (χ3v) is 19.4. The van der Waals surface area contributed by atoms with E-state index in [0.717, 1.165) is 109 Å². The maximum Gasteiger partial charge on any atom is 0.472 e. The molecule has 0 bridgehead atoms. The van der Waals surface area contributed by atoms with E-state index in [2.05, 4.69) is 41.5 Å². The molecule has 5 atom stereocenters. The third kappa shape index (κ3) is 68.6. The molecule has 0 aliphatic rings. The number of hydrogen-bond donors (Lipinski definition) is 3. The molecule has 94 heavy (non-hydrogen) atoms. The summed E-state index contributed by atoms with van der Waals surface area (Å²) < 4.78 is 68.3. The number of unbranched alkanes of at least 4 members (excludes halogenated alkanes) is 44. The van der Waals surface area contributed by atoms with Crippen LogP contribution in [0, 0.1) is 11.8 Å². The van der Waals surface area contributed by atoms with Crippen molar-refractivity contribution in [1.82, 2.24) is 0 Å². The van der Waals surface area contributed by atoms with Gasteiger partial charge in [-0.2, -0.15) is 0 Å². The van der Waals surface area contributed by atoms with E-state index in [4.69, 9.17) is 37.0 Å². The number of ether oxygens (including phenoxy) is 4. The molecule has 17 nitrogen and oxygen atoms in total. The number of aliphatic hydroxyl groups excluding tert-OH is 1. The van der Waals surface area contributed by atoms with Crippen LogP contribution in [-0.4, -0.2) is 96.7 Å².